The Morgan fingerprint density at radius 1 is 1.17 bits per heavy atom. The quantitative estimate of drug-likeness (QED) is 0.810. The number of nitrogens with one attached hydrogen (secondary N) is 1. The van der Waals surface area contributed by atoms with Gasteiger partial charge in [-0.05, 0) is 25.5 Å². The van der Waals surface area contributed by atoms with E-state index in [0.717, 1.165) is 5.56 Å². The maximum atomic E-state index is 12.7. The van der Waals surface area contributed by atoms with Gasteiger partial charge in [-0.25, -0.2) is 0 Å². The summed E-state index contributed by atoms with van der Waals surface area (Å²) in [5.74, 6) is -0.518. The molecule has 130 valence electrons. The predicted octanol–water partition coefficient (Wildman–Crippen LogP) is 0.415. The van der Waals surface area contributed by atoms with Crippen molar-refractivity contribution in [3.8, 4) is 0 Å². The summed E-state index contributed by atoms with van der Waals surface area (Å²) in [5.41, 5.74) is -0.273. The number of hydrogen-bond acceptors (Lipinski definition) is 4. The van der Waals surface area contributed by atoms with E-state index >= 15 is 0 Å². The highest BCUT2D eigenvalue weighted by molar-refractivity contribution is 6.04. The van der Waals surface area contributed by atoms with E-state index in [1.807, 2.05) is 6.07 Å². The van der Waals surface area contributed by atoms with Crippen LogP contribution >= 0.6 is 0 Å². The van der Waals surface area contributed by atoms with Crippen molar-refractivity contribution in [2.75, 3.05) is 26.2 Å². The molecular weight excluding hydrogens is 308 g/mol. The van der Waals surface area contributed by atoms with Gasteiger partial charge < -0.3 is 15.1 Å². The molecule has 0 saturated carbocycles. The molecule has 24 heavy (non-hydrogen) atoms. The topological polar surface area (TPSA) is 82.6 Å². The maximum absolute atomic E-state index is 12.7. The maximum Gasteiger partial charge on any atom is 0.237 e. The third-order valence-corrected chi connectivity index (χ3v) is 4.29. The normalized spacial score (nSPS) is 15.1. The lowest BCUT2D eigenvalue weighted by atomic mass is 9.90. The summed E-state index contributed by atoms with van der Waals surface area (Å²) >= 11 is 0. The lowest BCUT2D eigenvalue weighted by Crippen LogP contribution is -2.56. The molecule has 1 aliphatic heterocycles. The zero-order chi connectivity index (χ0) is 17.7. The first-order valence-corrected chi connectivity index (χ1v) is 8.04. The molecule has 1 aromatic rings. The number of pyridine rings is 1. The Hall–Kier alpha value is -2.44. The number of aromatic nitrogens is 1. The fourth-order valence-corrected chi connectivity index (χ4v) is 2.62. The van der Waals surface area contributed by atoms with E-state index < -0.39 is 5.41 Å². The summed E-state index contributed by atoms with van der Waals surface area (Å²) in [5, 5.41) is 2.80. The summed E-state index contributed by atoms with van der Waals surface area (Å²) in [6.07, 6.45) is 3.34. The van der Waals surface area contributed by atoms with Crippen LogP contribution < -0.4 is 5.32 Å². The Labute approximate surface area is 142 Å². The largest absolute Gasteiger partial charge is 0.351 e. The van der Waals surface area contributed by atoms with Gasteiger partial charge in [-0.15, -0.1) is 0 Å². The molecule has 1 saturated heterocycles. The molecular formula is C17H24N4O3. The summed E-state index contributed by atoms with van der Waals surface area (Å²) in [4.78, 5) is 43.9. The monoisotopic (exact) mass is 332 g/mol. The molecule has 0 bridgehead atoms. The first kappa shape index (κ1) is 17.9. The molecule has 1 aliphatic rings. The number of hydrogen-bond donors (Lipinski definition) is 1. The lowest BCUT2D eigenvalue weighted by Gasteiger charge is -2.37. The van der Waals surface area contributed by atoms with Crippen LogP contribution in [0.3, 0.4) is 0 Å². The fraction of sp³-hybridized carbons (Fsp3) is 0.529. The number of carbonyl (C=O) groups is 3. The Morgan fingerprint density at radius 2 is 1.79 bits per heavy atom. The van der Waals surface area contributed by atoms with E-state index in [1.54, 1.807) is 42.1 Å². The predicted molar refractivity (Wildman–Crippen MR) is 88.7 cm³/mol. The van der Waals surface area contributed by atoms with Crippen LogP contribution in [0.15, 0.2) is 24.5 Å². The van der Waals surface area contributed by atoms with Crippen LogP contribution in [0.2, 0.25) is 0 Å². The molecule has 3 amide bonds. The van der Waals surface area contributed by atoms with E-state index in [-0.39, 0.29) is 17.7 Å². The van der Waals surface area contributed by atoms with Crippen LogP contribution in [-0.2, 0) is 20.9 Å². The smallest absolute Gasteiger partial charge is 0.237 e. The van der Waals surface area contributed by atoms with Crippen molar-refractivity contribution in [3.05, 3.63) is 30.1 Å². The van der Waals surface area contributed by atoms with Gasteiger partial charge in [-0.2, -0.15) is 0 Å². The molecule has 2 rings (SSSR count). The van der Waals surface area contributed by atoms with E-state index in [9.17, 15) is 14.4 Å². The highest BCUT2D eigenvalue weighted by Crippen LogP contribution is 2.21. The molecule has 0 atom stereocenters. The molecule has 7 nitrogen and oxygen atoms in total. The van der Waals surface area contributed by atoms with Crippen LogP contribution in [0.25, 0.3) is 0 Å². The molecule has 1 N–H and O–H groups in total. The third kappa shape index (κ3) is 4.10. The van der Waals surface area contributed by atoms with Gasteiger partial charge in [0.25, 0.3) is 0 Å². The molecule has 7 heteroatoms. The molecule has 0 radical (unpaired) electrons. The Bertz CT molecular complexity index is 608. The van der Waals surface area contributed by atoms with Crippen LogP contribution in [0, 0.1) is 5.41 Å². The van der Waals surface area contributed by atoms with Crippen molar-refractivity contribution in [3.63, 3.8) is 0 Å². The number of nitrogens with zero attached hydrogens (tertiary/aromatic N) is 3. The molecule has 2 heterocycles. The number of amides is 3. The van der Waals surface area contributed by atoms with Gasteiger partial charge in [0.15, 0.2) is 0 Å². The van der Waals surface area contributed by atoms with E-state index in [2.05, 4.69) is 10.3 Å². The van der Waals surface area contributed by atoms with Crippen LogP contribution in [-0.4, -0.2) is 58.7 Å². The Kier molecular flexibility index (Phi) is 5.54. The second-order valence-corrected chi connectivity index (χ2v) is 6.47. The zero-order valence-electron chi connectivity index (χ0n) is 14.4. The number of piperazine rings is 1. The fourth-order valence-electron chi connectivity index (χ4n) is 2.62. The summed E-state index contributed by atoms with van der Waals surface area (Å²) in [6.45, 7) is 7.05. The Balaban J connectivity index is 1.92. The van der Waals surface area contributed by atoms with Crippen molar-refractivity contribution >= 4 is 17.7 Å². The first-order chi connectivity index (χ1) is 11.3. The number of rotatable bonds is 4. The van der Waals surface area contributed by atoms with Crippen LogP contribution in [0.1, 0.15) is 26.3 Å². The first-order valence-electron chi connectivity index (χ1n) is 8.04. The third-order valence-electron chi connectivity index (χ3n) is 4.29. The van der Waals surface area contributed by atoms with Crippen LogP contribution in [0.4, 0.5) is 0 Å². The van der Waals surface area contributed by atoms with E-state index in [0.29, 0.717) is 32.7 Å². The average molecular weight is 332 g/mol. The molecule has 0 spiro atoms. The minimum atomic E-state index is -1.15. The average Bonchev–Trinajstić information content (AvgIpc) is 2.59. The van der Waals surface area contributed by atoms with Crippen molar-refractivity contribution in [2.24, 2.45) is 5.41 Å². The SMILES string of the molecule is CC(=O)N1CCN(C(=O)C(C)(C)C(=O)NCc2cccnc2)CC1. The van der Waals surface area contributed by atoms with Gasteiger partial charge >= 0.3 is 0 Å². The minimum absolute atomic E-state index is 0.00979. The van der Waals surface area contributed by atoms with Gasteiger partial charge in [0.2, 0.25) is 17.7 Å². The van der Waals surface area contributed by atoms with Gasteiger partial charge in [-0.1, -0.05) is 6.07 Å². The number of carbonyl (C=O) groups excluding carboxylic acids is 3. The second kappa shape index (κ2) is 7.42. The van der Waals surface area contributed by atoms with Gasteiger partial charge in [0.1, 0.15) is 5.41 Å². The van der Waals surface area contributed by atoms with E-state index in [1.165, 1.54) is 6.92 Å². The molecule has 1 aromatic heterocycles. The Morgan fingerprint density at radius 3 is 2.33 bits per heavy atom. The summed E-state index contributed by atoms with van der Waals surface area (Å²) < 4.78 is 0. The summed E-state index contributed by atoms with van der Waals surface area (Å²) in [7, 11) is 0. The molecule has 1 fully saturated rings. The zero-order valence-corrected chi connectivity index (χ0v) is 14.4. The molecule has 0 unspecified atom stereocenters. The highest BCUT2D eigenvalue weighted by Gasteiger charge is 2.40. The van der Waals surface area contributed by atoms with Crippen molar-refractivity contribution in [1.29, 1.82) is 0 Å². The van der Waals surface area contributed by atoms with Gasteiger partial charge in [-0.3, -0.25) is 19.4 Å². The van der Waals surface area contributed by atoms with Crippen LogP contribution in [0.5, 0.6) is 0 Å². The van der Waals surface area contributed by atoms with Crippen molar-refractivity contribution in [1.82, 2.24) is 20.1 Å². The standard InChI is InChI=1S/C17H24N4O3/c1-13(22)20-7-9-21(10-8-20)16(24)17(2,3)15(23)19-12-14-5-4-6-18-11-14/h4-6,11H,7-10,12H2,1-3H3,(H,19,23). The van der Waals surface area contributed by atoms with Gasteiger partial charge in [0.05, 0.1) is 0 Å². The minimum Gasteiger partial charge on any atom is -0.351 e. The van der Waals surface area contributed by atoms with E-state index in [4.69, 9.17) is 0 Å². The van der Waals surface area contributed by atoms with Crippen molar-refractivity contribution in [2.45, 2.75) is 27.3 Å². The lowest BCUT2D eigenvalue weighted by molar-refractivity contribution is -0.151. The summed E-state index contributed by atoms with van der Waals surface area (Å²) in [6, 6.07) is 3.66. The second-order valence-electron chi connectivity index (χ2n) is 6.47. The highest BCUT2D eigenvalue weighted by atomic mass is 16.2. The molecule has 0 aromatic carbocycles. The molecule has 0 aliphatic carbocycles. The van der Waals surface area contributed by atoms with Gasteiger partial charge in [0, 0.05) is 52.0 Å². The van der Waals surface area contributed by atoms with Crippen molar-refractivity contribution < 1.29 is 14.4 Å².